The molecular weight excluding hydrogens is 282 g/mol. The highest BCUT2D eigenvalue weighted by Crippen LogP contribution is 2.16. The van der Waals surface area contributed by atoms with Crippen molar-refractivity contribution in [3.05, 3.63) is 47.0 Å². The standard InChI is InChI=1S/C15H15N5O2/c1-2-16-12(21)9-20-14-11(18-15(20)22)8-17-13(19-14)10-6-4-3-5-7-10/h3-8H,2,9H2,1H3,(H,16,21)(H,18,22). The number of nitrogens with zero attached hydrogens (tertiary/aromatic N) is 3. The van der Waals surface area contributed by atoms with Gasteiger partial charge < -0.3 is 10.3 Å². The average molecular weight is 297 g/mol. The minimum atomic E-state index is -0.374. The van der Waals surface area contributed by atoms with E-state index in [2.05, 4.69) is 20.3 Å². The van der Waals surface area contributed by atoms with E-state index < -0.39 is 0 Å². The zero-order valence-corrected chi connectivity index (χ0v) is 12.0. The molecule has 3 rings (SSSR count). The van der Waals surface area contributed by atoms with E-state index in [-0.39, 0.29) is 18.1 Å². The van der Waals surface area contributed by atoms with Gasteiger partial charge in [-0.1, -0.05) is 30.3 Å². The Morgan fingerprint density at radius 3 is 2.82 bits per heavy atom. The third kappa shape index (κ3) is 2.60. The van der Waals surface area contributed by atoms with Crippen molar-refractivity contribution in [3.8, 4) is 11.4 Å². The molecule has 2 heterocycles. The van der Waals surface area contributed by atoms with Crippen LogP contribution in [0.3, 0.4) is 0 Å². The first-order valence-corrected chi connectivity index (χ1v) is 6.96. The van der Waals surface area contributed by atoms with Crippen LogP contribution in [0.1, 0.15) is 6.92 Å². The molecule has 2 N–H and O–H groups in total. The molecule has 0 spiro atoms. The predicted molar refractivity (Wildman–Crippen MR) is 82.3 cm³/mol. The minimum Gasteiger partial charge on any atom is -0.355 e. The Bertz CT molecular complexity index is 867. The fraction of sp³-hybridized carbons (Fsp3) is 0.200. The van der Waals surface area contributed by atoms with Crippen LogP contribution in [0.2, 0.25) is 0 Å². The maximum Gasteiger partial charge on any atom is 0.328 e. The number of aromatic amines is 1. The highest BCUT2D eigenvalue weighted by atomic mass is 16.2. The Morgan fingerprint density at radius 2 is 2.09 bits per heavy atom. The average Bonchev–Trinajstić information content (AvgIpc) is 2.84. The number of likely N-dealkylation sites (N-methyl/N-ethyl adjacent to an activating group) is 1. The van der Waals surface area contributed by atoms with Gasteiger partial charge in [-0.15, -0.1) is 0 Å². The molecule has 1 aromatic carbocycles. The zero-order chi connectivity index (χ0) is 15.5. The van der Waals surface area contributed by atoms with Gasteiger partial charge in [0.2, 0.25) is 5.91 Å². The third-order valence-corrected chi connectivity index (χ3v) is 3.22. The third-order valence-electron chi connectivity index (χ3n) is 3.22. The Balaban J connectivity index is 2.07. The van der Waals surface area contributed by atoms with Crippen molar-refractivity contribution in [2.45, 2.75) is 13.5 Å². The van der Waals surface area contributed by atoms with Gasteiger partial charge in [0.05, 0.1) is 6.20 Å². The lowest BCUT2D eigenvalue weighted by Crippen LogP contribution is -2.31. The molecule has 0 fully saturated rings. The molecule has 112 valence electrons. The topological polar surface area (TPSA) is 92.7 Å². The molecule has 0 saturated carbocycles. The highest BCUT2D eigenvalue weighted by Gasteiger charge is 2.13. The fourth-order valence-corrected chi connectivity index (χ4v) is 2.22. The summed E-state index contributed by atoms with van der Waals surface area (Å²) in [5, 5.41) is 2.67. The number of fused-ring (bicyclic) bond motifs is 1. The molecule has 0 radical (unpaired) electrons. The molecule has 1 amide bonds. The van der Waals surface area contributed by atoms with Crippen molar-refractivity contribution < 1.29 is 4.79 Å². The van der Waals surface area contributed by atoms with Crippen LogP contribution in [0.4, 0.5) is 0 Å². The number of carbonyl (C=O) groups is 1. The minimum absolute atomic E-state index is 0.0715. The maximum absolute atomic E-state index is 12.0. The van der Waals surface area contributed by atoms with Gasteiger partial charge in [0.15, 0.2) is 11.5 Å². The quantitative estimate of drug-likeness (QED) is 0.749. The molecular formula is C15H15N5O2. The van der Waals surface area contributed by atoms with Crippen LogP contribution in [-0.2, 0) is 11.3 Å². The molecule has 22 heavy (non-hydrogen) atoms. The number of benzene rings is 1. The van der Waals surface area contributed by atoms with Gasteiger partial charge in [-0.2, -0.15) is 0 Å². The molecule has 0 aliphatic rings. The molecule has 0 saturated heterocycles. The molecule has 7 nitrogen and oxygen atoms in total. The largest absolute Gasteiger partial charge is 0.355 e. The molecule has 3 aromatic rings. The lowest BCUT2D eigenvalue weighted by atomic mass is 10.2. The van der Waals surface area contributed by atoms with Crippen molar-refractivity contribution in [1.29, 1.82) is 0 Å². The van der Waals surface area contributed by atoms with Crippen molar-refractivity contribution in [2.24, 2.45) is 0 Å². The van der Waals surface area contributed by atoms with E-state index in [0.29, 0.717) is 23.5 Å². The maximum atomic E-state index is 12.0. The number of H-pyrrole nitrogens is 1. The van der Waals surface area contributed by atoms with E-state index in [4.69, 9.17) is 0 Å². The monoisotopic (exact) mass is 297 g/mol. The van der Waals surface area contributed by atoms with Gasteiger partial charge >= 0.3 is 5.69 Å². The van der Waals surface area contributed by atoms with Crippen molar-refractivity contribution in [3.63, 3.8) is 0 Å². The SMILES string of the molecule is CCNC(=O)Cn1c(=O)[nH]c2cnc(-c3ccccc3)nc21. The molecule has 0 aliphatic carbocycles. The molecule has 7 heteroatoms. The summed E-state index contributed by atoms with van der Waals surface area (Å²) in [7, 11) is 0. The van der Waals surface area contributed by atoms with Crippen LogP contribution in [0, 0.1) is 0 Å². The van der Waals surface area contributed by atoms with Crippen LogP contribution in [-0.4, -0.2) is 32.0 Å². The first kappa shape index (κ1) is 14.0. The summed E-state index contributed by atoms with van der Waals surface area (Å²) in [6, 6.07) is 9.47. The number of amides is 1. The number of hydrogen-bond acceptors (Lipinski definition) is 4. The Labute approximate surface area is 126 Å². The van der Waals surface area contributed by atoms with E-state index in [0.717, 1.165) is 5.56 Å². The summed E-state index contributed by atoms with van der Waals surface area (Å²) in [5.41, 5.74) is 1.41. The van der Waals surface area contributed by atoms with E-state index >= 15 is 0 Å². The van der Waals surface area contributed by atoms with E-state index in [1.54, 1.807) is 6.20 Å². The lowest BCUT2D eigenvalue weighted by molar-refractivity contribution is -0.121. The second kappa shape index (κ2) is 5.80. The number of nitrogens with one attached hydrogen (secondary N) is 2. The van der Waals surface area contributed by atoms with Gasteiger partial charge in [-0.05, 0) is 6.92 Å². The summed E-state index contributed by atoms with van der Waals surface area (Å²) >= 11 is 0. The Kier molecular flexibility index (Phi) is 3.69. The Hall–Kier alpha value is -2.96. The summed E-state index contributed by atoms with van der Waals surface area (Å²) in [5.74, 6) is 0.280. The van der Waals surface area contributed by atoms with Crippen LogP contribution in [0.15, 0.2) is 41.3 Å². The second-order valence-electron chi connectivity index (χ2n) is 4.77. The van der Waals surface area contributed by atoms with E-state index in [1.165, 1.54) is 4.57 Å². The van der Waals surface area contributed by atoms with Crippen molar-refractivity contribution >= 4 is 17.1 Å². The number of carbonyl (C=O) groups excluding carboxylic acids is 1. The lowest BCUT2D eigenvalue weighted by Gasteiger charge is -2.04. The van der Waals surface area contributed by atoms with E-state index in [1.807, 2.05) is 37.3 Å². The second-order valence-corrected chi connectivity index (χ2v) is 4.77. The molecule has 0 bridgehead atoms. The molecule has 0 unspecified atom stereocenters. The number of rotatable bonds is 4. The van der Waals surface area contributed by atoms with Crippen LogP contribution in [0.5, 0.6) is 0 Å². The summed E-state index contributed by atoms with van der Waals surface area (Å²) in [6.07, 6.45) is 1.56. The summed E-state index contributed by atoms with van der Waals surface area (Å²) in [6.45, 7) is 2.27. The number of hydrogen-bond donors (Lipinski definition) is 2. The van der Waals surface area contributed by atoms with E-state index in [9.17, 15) is 9.59 Å². The van der Waals surface area contributed by atoms with Gasteiger partial charge in [-0.3, -0.25) is 9.36 Å². The van der Waals surface area contributed by atoms with Gasteiger partial charge in [-0.25, -0.2) is 14.8 Å². The predicted octanol–water partition coefficient (Wildman–Crippen LogP) is 0.923. The van der Waals surface area contributed by atoms with Gasteiger partial charge in [0.1, 0.15) is 12.1 Å². The first-order valence-electron chi connectivity index (χ1n) is 6.96. The van der Waals surface area contributed by atoms with Crippen molar-refractivity contribution in [1.82, 2.24) is 24.8 Å². The normalized spacial score (nSPS) is 10.8. The number of imidazole rings is 1. The fourth-order valence-electron chi connectivity index (χ4n) is 2.22. The first-order chi connectivity index (χ1) is 10.7. The number of aromatic nitrogens is 4. The van der Waals surface area contributed by atoms with Crippen LogP contribution >= 0.6 is 0 Å². The summed E-state index contributed by atoms with van der Waals surface area (Å²) in [4.78, 5) is 35.0. The highest BCUT2D eigenvalue weighted by molar-refractivity contribution is 5.79. The Morgan fingerprint density at radius 1 is 1.32 bits per heavy atom. The summed E-state index contributed by atoms with van der Waals surface area (Å²) < 4.78 is 1.31. The van der Waals surface area contributed by atoms with Gasteiger partial charge in [0.25, 0.3) is 0 Å². The molecule has 0 aliphatic heterocycles. The smallest absolute Gasteiger partial charge is 0.328 e. The zero-order valence-electron chi connectivity index (χ0n) is 12.0. The van der Waals surface area contributed by atoms with Crippen LogP contribution < -0.4 is 11.0 Å². The molecule has 2 aromatic heterocycles. The molecule has 0 atom stereocenters. The van der Waals surface area contributed by atoms with Crippen molar-refractivity contribution in [2.75, 3.05) is 6.54 Å². The van der Waals surface area contributed by atoms with Crippen LogP contribution in [0.25, 0.3) is 22.6 Å². The van der Waals surface area contributed by atoms with Gasteiger partial charge in [0, 0.05) is 12.1 Å².